The van der Waals surface area contributed by atoms with E-state index in [1.807, 2.05) is 12.1 Å². The van der Waals surface area contributed by atoms with Gasteiger partial charge >= 0.3 is 0 Å². The van der Waals surface area contributed by atoms with Gasteiger partial charge in [-0.2, -0.15) is 0 Å². The highest BCUT2D eigenvalue weighted by atomic mass is 16.5. The molecule has 6 heteroatoms. The Morgan fingerprint density at radius 2 is 2.04 bits per heavy atom. The summed E-state index contributed by atoms with van der Waals surface area (Å²) >= 11 is 0. The first-order valence-corrected chi connectivity index (χ1v) is 8.72. The van der Waals surface area contributed by atoms with Crippen molar-refractivity contribution < 1.29 is 9.32 Å². The van der Waals surface area contributed by atoms with Crippen LogP contribution in [-0.2, 0) is 6.42 Å². The van der Waals surface area contributed by atoms with Crippen LogP contribution < -0.4 is 10.2 Å². The van der Waals surface area contributed by atoms with E-state index >= 15 is 0 Å². The number of benzene rings is 1. The molecule has 3 heterocycles. The van der Waals surface area contributed by atoms with Gasteiger partial charge in [-0.3, -0.25) is 9.78 Å². The Bertz CT molecular complexity index is 921. The summed E-state index contributed by atoms with van der Waals surface area (Å²) in [5, 5.41) is 7.05. The molecule has 1 amide bonds. The van der Waals surface area contributed by atoms with E-state index in [1.165, 1.54) is 11.3 Å². The minimum atomic E-state index is -0.164. The second-order valence-electron chi connectivity index (χ2n) is 6.32. The molecule has 4 rings (SSSR count). The number of hydrogen-bond acceptors (Lipinski definition) is 5. The summed E-state index contributed by atoms with van der Waals surface area (Å²) in [4.78, 5) is 19.0. The summed E-state index contributed by atoms with van der Waals surface area (Å²) < 4.78 is 5.26. The van der Waals surface area contributed by atoms with E-state index in [2.05, 4.69) is 44.6 Å². The Balaban J connectivity index is 1.43. The fourth-order valence-corrected chi connectivity index (χ4v) is 3.38. The molecular weight excluding hydrogens is 328 g/mol. The predicted molar refractivity (Wildman–Crippen MR) is 99.2 cm³/mol. The monoisotopic (exact) mass is 348 g/mol. The third kappa shape index (κ3) is 3.06. The Kier molecular flexibility index (Phi) is 4.39. The smallest absolute Gasteiger partial charge is 0.257 e. The van der Waals surface area contributed by atoms with Gasteiger partial charge in [0, 0.05) is 43.3 Å². The standard InChI is InChI=1S/C20H20N4O2/c1-14-18(19(23-26-14)16-6-9-21-10-7-16)20(25)22-11-13-24-12-8-15-4-2-3-5-17(15)24/h2-7,9-10H,8,11-13H2,1H3,(H,22,25). The number of nitrogens with zero attached hydrogens (tertiary/aromatic N) is 3. The van der Waals surface area contributed by atoms with Gasteiger partial charge in [-0.25, -0.2) is 0 Å². The third-order valence-corrected chi connectivity index (χ3v) is 4.69. The second-order valence-corrected chi connectivity index (χ2v) is 6.32. The number of rotatable bonds is 5. The van der Waals surface area contributed by atoms with Crippen molar-refractivity contribution in [3.63, 3.8) is 0 Å². The molecule has 0 saturated heterocycles. The van der Waals surface area contributed by atoms with Crippen LogP contribution in [0.25, 0.3) is 11.3 Å². The zero-order valence-electron chi connectivity index (χ0n) is 14.6. The number of anilines is 1. The van der Waals surface area contributed by atoms with E-state index in [-0.39, 0.29) is 5.91 Å². The summed E-state index contributed by atoms with van der Waals surface area (Å²) in [7, 11) is 0. The summed E-state index contributed by atoms with van der Waals surface area (Å²) in [5.74, 6) is 0.351. The summed E-state index contributed by atoms with van der Waals surface area (Å²) in [5.41, 5.74) is 4.48. The van der Waals surface area contributed by atoms with Gasteiger partial charge in [0.1, 0.15) is 17.0 Å². The van der Waals surface area contributed by atoms with E-state index in [1.54, 1.807) is 19.3 Å². The number of pyridine rings is 1. The average Bonchev–Trinajstić information content (AvgIpc) is 3.26. The average molecular weight is 348 g/mol. The molecule has 6 nitrogen and oxygen atoms in total. The van der Waals surface area contributed by atoms with Crippen LogP contribution in [0.15, 0.2) is 53.3 Å². The van der Waals surface area contributed by atoms with E-state index in [0.29, 0.717) is 23.6 Å². The van der Waals surface area contributed by atoms with Crippen molar-refractivity contribution in [3.05, 3.63) is 65.7 Å². The minimum absolute atomic E-state index is 0.164. The predicted octanol–water partition coefficient (Wildman–Crippen LogP) is 2.84. The molecule has 0 atom stereocenters. The van der Waals surface area contributed by atoms with E-state index < -0.39 is 0 Å². The normalized spacial score (nSPS) is 12.9. The lowest BCUT2D eigenvalue weighted by Gasteiger charge is -2.19. The number of fused-ring (bicyclic) bond motifs is 1. The summed E-state index contributed by atoms with van der Waals surface area (Å²) in [6.07, 6.45) is 4.40. The summed E-state index contributed by atoms with van der Waals surface area (Å²) in [6.45, 7) is 4.08. The van der Waals surface area contributed by atoms with Gasteiger partial charge in [-0.1, -0.05) is 23.4 Å². The van der Waals surface area contributed by atoms with Crippen LogP contribution in [-0.4, -0.2) is 35.7 Å². The molecule has 3 aromatic rings. The van der Waals surface area contributed by atoms with Crippen molar-refractivity contribution in [1.29, 1.82) is 0 Å². The molecule has 26 heavy (non-hydrogen) atoms. The van der Waals surface area contributed by atoms with Crippen molar-refractivity contribution in [2.24, 2.45) is 0 Å². The highest BCUT2D eigenvalue weighted by Gasteiger charge is 2.22. The molecule has 0 bridgehead atoms. The van der Waals surface area contributed by atoms with Crippen molar-refractivity contribution in [2.45, 2.75) is 13.3 Å². The Morgan fingerprint density at radius 3 is 2.88 bits per heavy atom. The molecule has 0 spiro atoms. The van der Waals surface area contributed by atoms with Crippen LogP contribution in [0, 0.1) is 6.92 Å². The van der Waals surface area contributed by atoms with E-state index in [0.717, 1.165) is 25.1 Å². The Morgan fingerprint density at radius 1 is 1.23 bits per heavy atom. The van der Waals surface area contributed by atoms with Crippen molar-refractivity contribution >= 4 is 11.6 Å². The largest absolute Gasteiger partial charge is 0.369 e. The van der Waals surface area contributed by atoms with E-state index in [9.17, 15) is 4.79 Å². The molecule has 1 aliphatic rings. The topological polar surface area (TPSA) is 71.3 Å². The number of hydrogen-bond donors (Lipinski definition) is 1. The molecule has 132 valence electrons. The molecule has 1 aromatic carbocycles. The number of para-hydroxylation sites is 1. The Hall–Kier alpha value is -3.15. The van der Waals surface area contributed by atoms with Crippen LogP contribution >= 0.6 is 0 Å². The summed E-state index contributed by atoms with van der Waals surface area (Å²) in [6, 6.07) is 12.0. The molecule has 0 aliphatic carbocycles. The molecule has 0 radical (unpaired) electrons. The number of nitrogens with one attached hydrogen (secondary N) is 1. The lowest BCUT2D eigenvalue weighted by Crippen LogP contribution is -2.34. The van der Waals surface area contributed by atoms with Crippen LogP contribution in [0.5, 0.6) is 0 Å². The van der Waals surface area contributed by atoms with Gasteiger partial charge in [-0.05, 0) is 37.1 Å². The number of aryl methyl sites for hydroxylation is 1. The minimum Gasteiger partial charge on any atom is -0.369 e. The van der Waals surface area contributed by atoms with Crippen molar-refractivity contribution in [2.75, 3.05) is 24.5 Å². The molecule has 0 fully saturated rings. The molecule has 0 saturated carbocycles. The first-order chi connectivity index (χ1) is 12.7. The van der Waals surface area contributed by atoms with Gasteiger partial charge in [0.2, 0.25) is 0 Å². The quantitative estimate of drug-likeness (QED) is 0.768. The molecular formula is C20H20N4O2. The SMILES string of the molecule is Cc1onc(-c2ccncc2)c1C(=O)NCCN1CCc2ccccc21. The van der Waals surface area contributed by atoms with Crippen molar-refractivity contribution in [3.8, 4) is 11.3 Å². The van der Waals surface area contributed by atoms with Gasteiger partial charge in [0.15, 0.2) is 0 Å². The lowest BCUT2D eigenvalue weighted by atomic mass is 10.1. The maximum absolute atomic E-state index is 12.7. The first kappa shape index (κ1) is 16.3. The molecule has 1 aliphatic heterocycles. The first-order valence-electron chi connectivity index (χ1n) is 8.72. The van der Waals surface area contributed by atoms with Gasteiger partial charge in [-0.15, -0.1) is 0 Å². The maximum atomic E-state index is 12.7. The van der Waals surface area contributed by atoms with Gasteiger partial charge < -0.3 is 14.7 Å². The zero-order chi connectivity index (χ0) is 17.9. The number of carbonyl (C=O) groups excluding carboxylic acids is 1. The van der Waals surface area contributed by atoms with Gasteiger partial charge in [0.05, 0.1) is 0 Å². The Labute approximate surface area is 151 Å². The van der Waals surface area contributed by atoms with E-state index in [4.69, 9.17) is 4.52 Å². The number of aromatic nitrogens is 2. The zero-order valence-corrected chi connectivity index (χ0v) is 14.6. The number of carbonyl (C=O) groups is 1. The maximum Gasteiger partial charge on any atom is 0.257 e. The van der Waals surface area contributed by atoms with Crippen LogP contribution in [0.3, 0.4) is 0 Å². The fraction of sp³-hybridized carbons (Fsp3) is 0.250. The van der Waals surface area contributed by atoms with Crippen molar-refractivity contribution in [1.82, 2.24) is 15.5 Å². The van der Waals surface area contributed by atoms with Crippen LogP contribution in [0.2, 0.25) is 0 Å². The molecule has 0 unspecified atom stereocenters. The molecule has 2 aromatic heterocycles. The highest BCUT2D eigenvalue weighted by molar-refractivity contribution is 6.00. The van der Waals surface area contributed by atoms with Crippen LogP contribution in [0.4, 0.5) is 5.69 Å². The van der Waals surface area contributed by atoms with Gasteiger partial charge in [0.25, 0.3) is 5.91 Å². The highest BCUT2D eigenvalue weighted by Crippen LogP contribution is 2.27. The van der Waals surface area contributed by atoms with Crippen LogP contribution in [0.1, 0.15) is 21.7 Å². The lowest BCUT2D eigenvalue weighted by molar-refractivity contribution is 0.0953. The number of amides is 1. The molecule has 1 N–H and O–H groups in total. The third-order valence-electron chi connectivity index (χ3n) is 4.69. The second kappa shape index (κ2) is 7.00. The fourth-order valence-electron chi connectivity index (χ4n) is 3.38.